The fourth-order valence-corrected chi connectivity index (χ4v) is 2.54. The lowest BCUT2D eigenvalue weighted by Crippen LogP contribution is -2.09. The number of aromatic amines is 1. The van der Waals surface area contributed by atoms with Crippen molar-refractivity contribution in [2.45, 2.75) is 4.90 Å². The van der Waals surface area contributed by atoms with E-state index in [1.165, 1.54) is 24.4 Å². The Hall–Kier alpha value is -0.930. The molecule has 2 aromatic rings. The molecule has 1 heterocycles. The number of pyridine rings is 1. The number of hydrogen-bond acceptors (Lipinski definition) is 3. The average molecular weight is 351 g/mol. The Labute approximate surface area is 104 Å². The minimum absolute atomic E-state index is 0.121. The summed E-state index contributed by atoms with van der Waals surface area (Å²) in [6, 6.07) is 4.15. The molecule has 0 bridgehead atoms. The van der Waals surface area contributed by atoms with Crippen LogP contribution in [0.5, 0.6) is 0 Å². The van der Waals surface area contributed by atoms with Crippen LogP contribution in [-0.4, -0.2) is 18.0 Å². The molecular weight excluding hydrogens is 345 g/mol. The second kappa shape index (κ2) is 3.82. The molecule has 0 spiro atoms. The van der Waals surface area contributed by atoms with Crippen LogP contribution in [0.2, 0.25) is 0 Å². The van der Waals surface area contributed by atoms with E-state index in [4.69, 9.17) is 4.55 Å². The van der Waals surface area contributed by atoms with Crippen LogP contribution in [0.3, 0.4) is 0 Å². The van der Waals surface area contributed by atoms with Gasteiger partial charge in [0, 0.05) is 11.6 Å². The summed E-state index contributed by atoms with van der Waals surface area (Å²) in [5.41, 5.74) is -0.143. The summed E-state index contributed by atoms with van der Waals surface area (Å²) >= 11 is 1.85. The number of fused-ring (bicyclic) bond motifs is 1. The third-order valence-electron chi connectivity index (χ3n) is 2.11. The van der Waals surface area contributed by atoms with E-state index in [0.717, 1.165) is 0 Å². The molecule has 0 saturated heterocycles. The molecule has 0 aliphatic rings. The van der Waals surface area contributed by atoms with Crippen molar-refractivity contribution in [2.24, 2.45) is 0 Å². The van der Waals surface area contributed by atoms with Crippen LogP contribution in [0.1, 0.15) is 0 Å². The molecule has 0 fully saturated rings. The highest BCUT2D eigenvalue weighted by atomic mass is 127. The zero-order valence-corrected chi connectivity index (χ0v) is 10.7. The Morgan fingerprint density at radius 2 is 2.00 bits per heavy atom. The Bertz CT molecular complexity index is 720. The van der Waals surface area contributed by atoms with Gasteiger partial charge in [0.2, 0.25) is 5.43 Å². The van der Waals surface area contributed by atoms with Crippen molar-refractivity contribution in [3.05, 3.63) is 38.2 Å². The number of halogens is 1. The smallest absolute Gasteiger partial charge is 0.296 e. The third-order valence-corrected chi connectivity index (χ3v) is 3.81. The van der Waals surface area contributed by atoms with Crippen LogP contribution >= 0.6 is 22.6 Å². The average Bonchev–Trinajstić information content (AvgIpc) is 2.21. The van der Waals surface area contributed by atoms with E-state index in [2.05, 4.69) is 4.98 Å². The first-order valence-corrected chi connectivity index (χ1v) is 6.70. The quantitative estimate of drug-likeness (QED) is 0.600. The second-order valence-corrected chi connectivity index (χ2v) is 5.67. The Kier molecular flexibility index (Phi) is 2.76. The molecule has 7 heteroatoms. The van der Waals surface area contributed by atoms with Crippen molar-refractivity contribution < 1.29 is 13.0 Å². The maximum Gasteiger partial charge on any atom is 0.296 e. The summed E-state index contributed by atoms with van der Waals surface area (Å²) in [5, 5.41) is 0.238. The number of benzene rings is 1. The number of aromatic nitrogens is 1. The van der Waals surface area contributed by atoms with E-state index in [9.17, 15) is 13.2 Å². The number of H-pyrrole nitrogens is 1. The van der Waals surface area contributed by atoms with E-state index in [0.29, 0.717) is 3.57 Å². The summed E-state index contributed by atoms with van der Waals surface area (Å²) in [4.78, 5) is 14.1. The fourth-order valence-electron chi connectivity index (χ4n) is 1.41. The topological polar surface area (TPSA) is 87.2 Å². The minimum Gasteiger partial charge on any atom is -0.359 e. The van der Waals surface area contributed by atoms with Crippen LogP contribution in [0.25, 0.3) is 10.9 Å². The van der Waals surface area contributed by atoms with Crippen LogP contribution in [-0.2, 0) is 10.1 Å². The highest BCUT2D eigenvalue weighted by Crippen LogP contribution is 2.18. The predicted octanol–water partition coefficient (Wildman–Crippen LogP) is 1.38. The molecule has 2 rings (SSSR count). The minimum atomic E-state index is -4.33. The molecule has 84 valence electrons. The molecule has 0 saturated carbocycles. The number of nitrogens with one attached hydrogen (secondary N) is 1. The van der Waals surface area contributed by atoms with Gasteiger partial charge in [0.1, 0.15) is 4.90 Å². The lowest BCUT2D eigenvalue weighted by atomic mass is 10.2. The molecule has 0 unspecified atom stereocenters. The molecule has 1 aromatic heterocycles. The molecule has 0 aliphatic carbocycles. The summed E-state index contributed by atoms with van der Waals surface area (Å²) in [7, 11) is -4.33. The molecule has 1 aromatic carbocycles. The van der Waals surface area contributed by atoms with Crippen molar-refractivity contribution in [1.82, 2.24) is 4.98 Å². The van der Waals surface area contributed by atoms with Gasteiger partial charge in [-0.15, -0.1) is 0 Å². The summed E-state index contributed by atoms with van der Waals surface area (Å²) in [6.45, 7) is 0. The number of rotatable bonds is 1. The monoisotopic (exact) mass is 351 g/mol. The zero-order valence-electron chi connectivity index (χ0n) is 7.77. The molecule has 0 amide bonds. The standard InChI is InChI=1S/C9H6INO4S/c10-6-4-11-8-5(9(6)12)2-1-3-7(8)16(13,14)15/h1-4H,(H,11,12)(H,13,14,15). The first-order chi connectivity index (χ1) is 7.41. The molecular formula is C9H6INO4S. The molecule has 0 radical (unpaired) electrons. The first-order valence-electron chi connectivity index (χ1n) is 4.18. The Morgan fingerprint density at radius 3 is 2.62 bits per heavy atom. The van der Waals surface area contributed by atoms with E-state index >= 15 is 0 Å². The van der Waals surface area contributed by atoms with Gasteiger partial charge in [-0.2, -0.15) is 8.42 Å². The van der Waals surface area contributed by atoms with Crippen LogP contribution in [0.15, 0.2) is 34.1 Å². The van der Waals surface area contributed by atoms with Gasteiger partial charge in [0.25, 0.3) is 10.1 Å². The second-order valence-electron chi connectivity index (χ2n) is 3.12. The van der Waals surface area contributed by atoms with Crippen LogP contribution < -0.4 is 5.43 Å². The summed E-state index contributed by atoms with van der Waals surface area (Å²) in [6.07, 6.45) is 1.40. The van der Waals surface area contributed by atoms with E-state index in [1.54, 1.807) is 0 Å². The maximum absolute atomic E-state index is 11.7. The Balaban J connectivity index is 3.03. The van der Waals surface area contributed by atoms with Crippen molar-refractivity contribution in [2.75, 3.05) is 0 Å². The van der Waals surface area contributed by atoms with Crippen LogP contribution in [0, 0.1) is 3.57 Å². The van der Waals surface area contributed by atoms with Gasteiger partial charge in [-0.25, -0.2) is 0 Å². The third kappa shape index (κ3) is 1.85. The lowest BCUT2D eigenvalue weighted by molar-refractivity contribution is 0.484. The van der Waals surface area contributed by atoms with Crippen molar-refractivity contribution >= 4 is 43.6 Å². The normalized spacial score (nSPS) is 11.9. The number of hydrogen-bond donors (Lipinski definition) is 2. The van der Waals surface area contributed by atoms with Gasteiger partial charge in [0.05, 0.1) is 9.09 Å². The van der Waals surface area contributed by atoms with Crippen molar-refractivity contribution in [1.29, 1.82) is 0 Å². The van der Waals surface area contributed by atoms with E-state index < -0.39 is 10.1 Å². The van der Waals surface area contributed by atoms with Crippen LogP contribution in [0.4, 0.5) is 0 Å². The highest BCUT2D eigenvalue weighted by Gasteiger charge is 2.15. The number of para-hydroxylation sites is 1. The Morgan fingerprint density at radius 1 is 1.31 bits per heavy atom. The molecule has 0 aliphatic heterocycles. The van der Waals surface area contributed by atoms with Gasteiger partial charge < -0.3 is 4.98 Å². The lowest BCUT2D eigenvalue weighted by Gasteiger charge is -2.03. The summed E-state index contributed by atoms with van der Waals surface area (Å²) < 4.78 is 31.6. The van der Waals surface area contributed by atoms with Gasteiger partial charge in [-0.1, -0.05) is 6.07 Å². The zero-order chi connectivity index (χ0) is 11.9. The first kappa shape index (κ1) is 11.6. The van der Waals surface area contributed by atoms with Gasteiger partial charge in [-0.05, 0) is 34.7 Å². The largest absolute Gasteiger partial charge is 0.359 e. The highest BCUT2D eigenvalue weighted by molar-refractivity contribution is 14.1. The SMILES string of the molecule is O=c1c(I)c[nH]c2c(S(=O)(=O)O)cccc12. The van der Waals surface area contributed by atoms with E-state index in [1.807, 2.05) is 22.6 Å². The summed E-state index contributed by atoms with van der Waals surface area (Å²) in [5.74, 6) is 0. The van der Waals surface area contributed by atoms with Gasteiger partial charge >= 0.3 is 0 Å². The van der Waals surface area contributed by atoms with Gasteiger partial charge in [-0.3, -0.25) is 9.35 Å². The van der Waals surface area contributed by atoms with Crippen molar-refractivity contribution in [3.63, 3.8) is 0 Å². The molecule has 2 N–H and O–H groups in total. The maximum atomic E-state index is 11.7. The molecule has 16 heavy (non-hydrogen) atoms. The van der Waals surface area contributed by atoms with Gasteiger partial charge in [0.15, 0.2) is 0 Å². The predicted molar refractivity (Wildman–Crippen MR) is 67.1 cm³/mol. The molecule has 5 nitrogen and oxygen atoms in total. The fraction of sp³-hybridized carbons (Fsp3) is 0. The van der Waals surface area contributed by atoms with E-state index in [-0.39, 0.29) is 21.2 Å². The molecule has 0 atom stereocenters. The van der Waals surface area contributed by atoms with Crippen molar-refractivity contribution in [3.8, 4) is 0 Å².